The van der Waals surface area contributed by atoms with E-state index in [1.54, 1.807) is 36.5 Å². The van der Waals surface area contributed by atoms with Crippen molar-refractivity contribution in [3.63, 3.8) is 0 Å². The molecule has 3 aromatic rings. The first-order valence-corrected chi connectivity index (χ1v) is 8.39. The second-order valence-electron chi connectivity index (χ2n) is 5.32. The fourth-order valence-electron chi connectivity index (χ4n) is 2.35. The Kier molecular flexibility index (Phi) is 5.53. The lowest BCUT2D eigenvalue weighted by Gasteiger charge is -2.14. The number of nitrogens with one attached hydrogen (secondary N) is 2. The summed E-state index contributed by atoms with van der Waals surface area (Å²) in [5.41, 5.74) is 2.21. The lowest BCUT2D eigenvalue weighted by atomic mass is 10.1. The van der Waals surface area contributed by atoms with Crippen molar-refractivity contribution >= 4 is 46.3 Å². The summed E-state index contributed by atoms with van der Waals surface area (Å²) in [5.74, 6) is 0.366. The zero-order chi connectivity index (χ0) is 17.6. The molecule has 6 heteroatoms. The number of anilines is 3. The van der Waals surface area contributed by atoms with Crippen molar-refractivity contribution in [3.8, 4) is 0 Å². The van der Waals surface area contributed by atoms with Gasteiger partial charge in [-0.15, -0.1) is 0 Å². The van der Waals surface area contributed by atoms with Crippen LogP contribution in [0.1, 0.15) is 5.56 Å². The minimum atomic E-state index is -0.154. The van der Waals surface area contributed by atoms with Crippen LogP contribution in [0.25, 0.3) is 0 Å². The molecule has 0 aliphatic rings. The molecule has 3 rings (SSSR count). The zero-order valence-corrected chi connectivity index (χ0v) is 14.7. The molecule has 2 aromatic carbocycles. The zero-order valence-electron chi connectivity index (χ0n) is 13.2. The summed E-state index contributed by atoms with van der Waals surface area (Å²) in [4.78, 5) is 16.4. The largest absolute Gasteiger partial charge is 0.353 e. The van der Waals surface area contributed by atoms with Crippen LogP contribution in [0.15, 0.2) is 66.9 Å². The fourth-order valence-corrected chi connectivity index (χ4v) is 2.84. The second kappa shape index (κ2) is 8.01. The predicted molar refractivity (Wildman–Crippen MR) is 103 cm³/mol. The lowest BCUT2D eigenvalue weighted by molar-refractivity contribution is -0.115. The Balaban J connectivity index is 1.78. The van der Waals surface area contributed by atoms with Crippen LogP contribution >= 0.6 is 23.2 Å². The summed E-state index contributed by atoms with van der Waals surface area (Å²) in [7, 11) is 0. The normalized spacial score (nSPS) is 10.3. The lowest BCUT2D eigenvalue weighted by Crippen LogP contribution is -2.16. The number of nitrogens with zero attached hydrogens (tertiary/aromatic N) is 1. The van der Waals surface area contributed by atoms with Gasteiger partial charge in [0, 0.05) is 11.9 Å². The van der Waals surface area contributed by atoms with Gasteiger partial charge in [-0.2, -0.15) is 0 Å². The summed E-state index contributed by atoms with van der Waals surface area (Å²) < 4.78 is 0. The third kappa shape index (κ3) is 4.50. The molecule has 0 spiro atoms. The Morgan fingerprint density at radius 3 is 2.36 bits per heavy atom. The Morgan fingerprint density at radius 1 is 0.920 bits per heavy atom. The maximum absolute atomic E-state index is 12.3. The number of halogens is 2. The molecule has 0 atom stereocenters. The number of benzene rings is 2. The van der Waals surface area contributed by atoms with Gasteiger partial charge < -0.3 is 10.6 Å². The van der Waals surface area contributed by atoms with E-state index in [-0.39, 0.29) is 12.3 Å². The highest BCUT2D eigenvalue weighted by atomic mass is 35.5. The van der Waals surface area contributed by atoms with Gasteiger partial charge >= 0.3 is 0 Å². The predicted octanol–water partition coefficient (Wildman–Crippen LogP) is 5.31. The van der Waals surface area contributed by atoms with Crippen molar-refractivity contribution in [1.82, 2.24) is 4.98 Å². The number of pyridine rings is 1. The van der Waals surface area contributed by atoms with E-state index in [0.717, 1.165) is 11.3 Å². The first-order valence-electron chi connectivity index (χ1n) is 7.63. The number of aromatic nitrogens is 1. The number of hydrogen-bond donors (Lipinski definition) is 2. The third-order valence-electron chi connectivity index (χ3n) is 3.52. The average Bonchev–Trinajstić information content (AvgIpc) is 2.60. The minimum Gasteiger partial charge on any atom is -0.353 e. The number of amides is 1. The molecule has 0 saturated carbocycles. The Morgan fingerprint density at radius 2 is 1.64 bits per heavy atom. The van der Waals surface area contributed by atoms with Crippen LogP contribution in [-0.2, 0) is 11.2 Å². The molecule has 0 aliphatic heterocycles. The quantitative estimate of drug-likeness (QED) is 0.638. The summed E-state index contributed by atoms with van der Waals surface area (Å²) in [6.45, 7) is 0. The number of carbonyl (C=O) groups excluding carboxylic acids is 1. The molecular formula is C19H15Cl2N3O. The van der Waals surface area contributed by atoms with Gasteiger partial charge in [-0.3, -0.25) is 4.79 Å². The highest BCUT2D eigenvalue weighted by Gasteiger charge is 2.11. The average molecular weight is 372 g/mol. The maximum atomic E-state index is 12.3. The van der Waals surface area contributed by atoms with Crippen molar-refractivity contribution in [3.05, 3.63) is 82.5 Å². The summed E-state index contributed by atoms with van der Waals surface area (Å²) in [6, 6.07) is 18.2. The molecule has 1 heterocycles. The SMILES string of the molecule is O=C(Cc1ccccc1Nc1c(Cl)cccc1Cl)Nc1ccccn1. The molecule has 25 heavy (non-hydrogen) atoms. The molecular weight excluding hydrogens is 357 g/mol. The molecule has 1 aromatic heterocycles. The van der Waals surface area contributed by atoms with Crippen LogP contribution < -0.4 is 10.6 Å². The highest BCUT2D eigenvalue weighted by molar-refractivity contribution is 6.39. The first kappa shape index (κ1) is 17.3. The van der Waals surface area contributed by atoms with Crippen LogP contribution in [0, 0.1) is 0 Å². The molecule has 0 saturated heterocycles. The Labute approximate surface area is 155 Å². The maximum Gasteiger partial charge on any atom is 0.230 e. The Hall–Kier alpha value is -2.56. The van der Waals surface area contributed by atoms with Gasteiger partial charge in [-0.1, -0.05) is 53.5 Å². The minimum absolute atomic E-state index is 0.154. The molecule has 0 radical (unpaired) electrons. The fraction of sp³-hybridized carbons (Fsp3) is 0.0526. The van der Waals surface area contributed by atoms with Crippen LogP contribution in [0.5, 0.6) is 0 Å². The van der Waals surface area contributed by atoms with Crippen LogP contribution in [0.2, 0.25) is 10.0 Å². The second-order valence-corrected chi connectivity index (χ2v) is 6.13. The van der Waals surface area contributed by atoms with Crippen LogP contribution in [0.3, 0.4) is 0 Å². The van der Waals surface area contributed by atoms with Crippen molar-refractivity contribution in [1.29, 1.82) is 0 Å². The van der Waals surface area contributed by atoms with Gasteiger partial charge in [0.1, 0.15) is 5.82 Å². The summed E-state index contributed by atoms with van der Waals surface area (Å²) in [5, 5.41) is 7.02. The van der Waals surface area contributed by atoms with Crippen LogP contribution in [0.4, 0.5) is 17.2 Å². The van der Waals surface area contributed by atoms with Crippen molar-refractivity contribution < 1.29 is 4.79 Å². The number of rotatable bonds is 5. The smallest absolute Gasteiger partial charge is 0.230 e. The van der Waals surface area contributed by atoms with E-state index in [4.69, 9.17) is 23.2 Å². The van der Waals surface area contributed by atoms with E-state index in [2.05, 4.69) is 15.6 Å². The van der Waals surface area contributed by atoms with E-state index >= 15 is 0 Å². The number of carbonyl (C=O) groups is 1. The van der Waals surface area contributed by atoms with E-state index in [1.807, 2.05) is 30.3 Å². The molecule has 1 amide bonds. The van der Waals surface area contributed by atoms with E-state index in [9.17, 15) is 4.79 Å². The van der Waals surface area contributed by atoms with Gasteiger partial charge in [0.05, 0.1) is 22.2 Å². The molecule has 0 fully saturated rings. The monoisotopic (exact) mass is 371 g/mol. The van der Waals surface area contributed by atoms with E-state index in [1.165, 1.54) is 0 Å². The standard InChI is InChI=1S/C19H15Cl2N3O/c20-14-7-5-8-15(21)19(14)23-16-9-2-1-6-13(16)12-18(25)24-17-10-3-4-11-22-17/h1-11,23H,12H2,(H,22,24,25). The third-order valence-corrected chi connectivity index (χ3v) is 4.15. The van der Waals surface area contributed by atoms with Gasteiger partial charge in [0.25, 0.3) is 0 Å². The summed E-state index contributed by atoms with van der Waals surface area (Å²) in [6.07, 6.45) is 1.83. The molecule has 0 unspecified atom stereocenters. The topological polar surface area (TPSA) is 54.0 Å². The van der Waals surface area contributed by atoms with Gasteiger partial charge in [-0.05, 0) is 35.9 Å². The Bertz CT molecular complexity index is 865. The molecule has 2 N–H and O–H groups in total. The molecule has 0 aliphatic carbocycles. The number of hydrogen-bond acceptors (Lipinski definition) is 3. The van der Waals surface area contributed by atoms with Gasteiger partial charge in [-0.25, -0.2) is 4.98 Å². The van der Waals surface area contributed by atoms with Gasteiger partial charge in [0.15, 0.2) is 0 Å². The highest BCUT2D eigenvalue weighted by Crippen LogP contribution is 2.33. The van der Waals surface area contributed by atoms with Crippen molar-refractivity contribution in [2.75, 3.05) is 10.6 Å². The van der Waals surface area contributed by atoms with Crippen molar-refractivity contribution in [2.45, 2.75) is 6.42 Å². The molecule has 126 valence electrons. The molecule has 4 nitrogen and oxygen atoms in total. The summed E-state index contributed by atoms with van der Waals surface area (Å²) >= 11 is 12.4. The molecule has 0 bridgehead atoms. The van der Waals surface area contributed by atoms with Crippen molar-refractivity contribution in [2.24, 2.45) is 0 Å². The number of para-hydroxylation sites is 2. The van der Waals surface area contributed by atoms with Gasteiger partial charge in [0.2, 0.25) is 5.91 Å². The van der Waals surface area contributed by atoms with E-state index in [0.29, 0.717) is 21.6 Å². The first-order chi connectivity index (χ1) is 12.1. The van der Waals surface area contributed by atoms with Crippen LogP contribution in [-0.4, -0.2) is 10.9 Å². The van der Waals surface area contributed by atoms with E-state index < -0.39 is 0 Å².